The predicted molar refractivity (Wildman–Crippen MR) is 298 cm³/mol. The van der Waals surface area contributed by atoms with Crippen LogP contribution in [0.25, 0.3) is 0 Å². The molecule has 5 aliphatic heterocycles. The van der Waals surface area contributed by atoms with E-state index in [0.717, 1.165) is 32.1 Å². The summed E-state index contributed by atoms with van der Waals surface area (Å²) in [6.45, 7) is 19.3. The minimum atomic E-state index is -2.12. The SMILES string of the molecule is CCC1OC(OC2C(OC3CC(C)(C)CC4C5=CCC6C7(C)CCC(OC8OC(C(=O)O)C(O)C(O)C8OC8OC(CO)C(O)C(O)C8OC8OC(C)C(O)C(O)C8O)C(C)(CO)C7CCC6(C)C5(C)CCC34C)OC(C)C(O)C2O)C(O)C(O)C1O. The molecule has 4 saturated carbocycles. The molecule has 0 aromatic carbocycles. The number of carboxylic acids is 1. The van der Waals surface area contributed by atoms with Crippen LogP contribution in [-0.4, -0.2) is 262 Å². The van der Waals surface area contributed by atoms with Gasteiger partial charge in [0.05, 0.1) is 43.7 Å². The summed E-state index contributed by atoms with van der Waals surface area (Å²) in [7, 11) is 0. The van der Waals surface area contributed by atoms with E-state index in [1.165, 1.54) is 12.5 Å². The molecule has 0 spiro atoms. The van der Waals surface area contributed by atoms with Gasteiger partial charge in [-0.25, -0.2) is 4.79 Å². The Labute approximate surface area is 507 Å². The summed E-state index contributed by atoms with van der Waals surface area (Å²) >= 11 is 0. The number of ether oxygens (including phenoxy) is 10. The van der Waals surface area contributed by atoms with E-state index < -0.39 is 195 Å². The van der Waals surface area contributed by atoms with Gasteiger partial charge in [0.15, 0.2) is 37.6 Å². The Morgan fingerprint density at radius 2 is 1.02 bits per heavy atom. The summed E-state index contributed by atoms with van der Waals surface area (Å²) in [5.74, 6) is -1.69. The molecule has 0 aromatic heterocycles. The van der Waals surface area contributed by atoms with Gasteiger partial charge < -0.3 is 124 Å². The third-order valence-electron chi connectivity index (χ3n) is 23.9. The Bertz CT molecular complexity index is 2440. The molecule has 0 aromatic rings. The second kappa shape index (κ2) is 24.9. The number of aliphatic carboxylic acids is 1. The zero-order valence-corrected chi connectivity index (χ0v) is 51.6. The second-order valence-corrected chi connectivity index (χ2v) is 29.4. The highest BCUT2D eigenvalue weighted by Gasteiger charge is 2.70. The Balaban J connectivity index is 0.902. The normalized spacial score (nSPS) is 56.0. The smallest absolute Gasteiger partial charge is 0.335 e. The molecule has 35 atom stereocenters. The molecule has 500 valence electrons. The molecule has 35 unspecified atom stereocenters. The molecule has 26 nitrogen and oxygen atoms in total. The maximum Gasteiger partial charge on any atom is 0.335 e. The van der Waals surface area contributed by atoms with E-state index in [0.29, 0.717) is 32.1 Å². The topological polar surface area (TPSA) is 413 Å². The molecule has 10 rings (SSSR count). The first-order valence-corrected chi connectivity index (χ1v) is 31.5. The number of hydrogen-bond donors (Lipinski definition) is 15. The van der Waals surface area contributed by atoms with Crippen molar-refractivity contribution in [2.45, 2.75) is 299 Å². The van der Waals surface area contributed by atoms with Crippen molar-refractivity contribution in [3.63, 3.8) is 0 Å². The number of carbonyl (C=O) groups is 1. The van der Waals surface area contributed by atoms with Crippen molar-refractivity contribution < 1.29 is 129 Å². The molecule has 5 saturated heterocycles. The lowest BCUT2D eigenvalue weighted by Crippen LogP contribution is -2.68. The molecule has 15 N–H and O–H groups in total. The van der Waals surface area contributed by atoms with Crippen LogP contribution in [-0.2, 0) is 52.2 Å². The third kappa shape index (κ3) is 11.3. The van der Waals surface area contributed by atoms with Crippen molar-refractivity contribution in [3.8, 4) is 0 Å². The highest BCUT2D eigenvalue weighted by atomic mass is 16.8. The van der Waals surface area contributed by atoms with E-state index in [1.807, 2.05) is 6.92 Å². The third-order valence-corrected chi connectivity index (χ3v) is 23.9. The first-order chi connectivity index (χ1) is 40.7. The number of allylic oxidation sites excluding steroid dienone is 2. The Morgan fingerprint density at radius 3 is 1.62 bits per heavy atom. The molecule has 87 heavy (non-hydrogen) atoms. The lowest BCUT2D eigenvalue weighted by atomic mass is 9.33. The number of aliphatic hydroxyl groups excluding tert-OH is 14. The maximum atomic E-state index is 12.7. The number of aliphatic hydroxyl groups is 14. The summed E-state index contributed by atoms with van der Waals surface area (Å²) in [5, 5.41) is 165. The Kier molecular flexibility index (Phi) is 19.5. The van der Waals surface area contributed by atoms with Gasteiger partial charge in [-0.3, -0.25) is 0 Å². The fraction of sp³-hybridized carbons (Fsp3) is 0.951. The monoisotopic (exact) mass is 1250 g/mol. The van der Waals surface area contributed by atoms with Gasteiger partial charge in [-0.1, -0.05) is 67.0 Å². The van der Waals surface area contributed by atoms with Crippen molar-refractivity contribution in [3.05, 3.63) is 11.6 Å². The van der Waals surface area contributed by atoms with Crippen LogP contribution in [0.2, 0.25) is 0 Å². The minimum Gasteiger partial charge on any atom is -0.479 e. The van der Waals surface area contributed by atoms with Crippen LogP contribution in [0.5, 0.6) is 0 Å². The van der Waals surface area contributed by atoms with E-state index in [4.69, 9.17) is 47.4 Å². The molecule has 26 heteroatoms. The van der Waals surface area contributed by atoms with Gasteiger partial charge in [0, 0.05) is 10.8 Å². The Morgan fingerprint density at radius 1 is 0.517 bits per heavy atom. The van der Waals surface area contributed by atoms with Crippen molar-refractivity contribution >= 4 is 5.97 Å². The Hall–Kier alpha value is -1.75. The molecular formula is C61H100O26. The van der Waals surface area contributed by atoms with Crippen LogP contribution in [0.15, 0.2) is 11.6 Å². The van der Waals surface area contributed by atoms with Crippen molar-refractivity contribution in [1.29, 1.82) is 0 Å². The van der Waals surface area contributed by atoms with Crippen LogP contribution in [0.4, 0.5) is 0 Å². The zero-order chi connectivity index (χ0) is 63.7. The summed E-state index contributed by atoms with van der Waals surface area (Å²) in [4.78, 5) is 12.7. The fourth-order valence-electron chi connectivity index (χ4n) is 18.2. The van der Waals surface area contributed by atoms with Crippen LogP contribution in [0.3, 0.4) is 0 Å². The molecule has 0 amide bonds. The fourth-order valence-corrected chi connectivity index (χ4v) is 18.2. The first-order valence-electron chi connectivity index (χ1n) is 31.5. The summed E-state index contributed by atoms with van der Waals surface area (Å²) in [6, 6.07) is 0. The van der Waals surface area contributed by atoms with Gasteiger partial charge in [0.1, 0.15) is 97.7 Å². The predicted octanol–water partition coefficient (Wildman–Crippen LogP) is -1.20. The molecule has 0 bridgehead atoms. The maximum absolute atomic E-state index is 12.7. The lowest BCUT2D eigenvalue weighted by Gasteiger charge is -2.72. The number of hydrogen-bond acceptors (Lipinski definition) is 25. The van der Waals surface area contributed by atoms with E-state index in [-0.39, 0.29) is 40.6 Å². The average molecular weight is 1250 g/mol. The summed E-state index contributed by atoms with van der Waals surface area (Å²) < 4.78 is 62.1. The molecular weight excluding hydrogens is 1150 g/mol. The van der Waals surface area contributed by atoms with E-state index in [2.05, 4.69) is 47.6 Å². The van der Waals surface area contributed by atoms with Crippen molar-refractivity contribution in [2.75, 3.05) is 13.2 Å². The van der Waals surface area contributed by atoms with Gasteiger partial charge in [0.2, 0.25) is 0 Å². The highest BCUT2D eigenvalue weighted by molar-refractivity contribution is 5.73. The van der Waals surface area contributed by atoms with Crippen molar-refractivity contribution in [1.82, 2.24) is 0 Å². The van der Waals surface area contributed by atoms with Gasteiger partial charge in [-0.2, -0.15) is 0 Å². The van der Waals surface area contributed by atoms with Gasteiger partial charge in [0.25, 0.3) is 0 Å². The zero-order valence-electron chi connectivity index (χ0n) is 51.6. The average Bonchev–Trinajstić information content (AvgIpc) is 0.681. The first kappa shape index (κ1) is 68.1. The van der Waals surface area contributed by atoms with Crippen molar-refractivity contribution in [2.24, 2.45) is 50.2 Å². The summed E-state index contributed by atoms with van der Waals surface area (Å²) in [6.07, 6.45) is -32.9. The van der Waals surface area contributed by atoms with Gasteiger partial charge in [-0.05, 0) is 117 Å². The molecule has 5 heterocycles. The molecule has 5 aliphatic carbocycles. The van der Waals surface area contributed by atoms with E-state index in [1.54, 1.807) is 13.8 Å². The summed E-state index contributed by atoms with van der Waals surface area (Å²) in [5.41, 5.74) is -1.35. The highest BCUT2D eigenvalue weighted by Crippen LogP contribution is 2.76. The van der Waals surface area contributed by atoms with Crippen LogP contribution < -0.4 is 0 Å². The minimum absolute atomic E-state index is 0.0390. The quantitative estimate of drug-likeness (QED) is 0.0717. The molecule has 9 fully saturated rings. The largest absolute Gasteiger partial charge is 0.479 e. The number of fused-ring (bicyclic) bond motifs is 7. The van der Waals surface area contributed by atoms with Gasteiger partial charge in [-0.15, -0.1) is 0 Å². The van der Waals surface area contributed by atoms with Crippen LogP contribution >= 0.6 is 0 Å². The van der Waals surface area contributed by atoms with Gasteiger partial charge >= 0.3 is 5.97 Å². The molecule has 10 aliphatic rings. The van der Waals surface area contributed by atoms with Crippen LogP contribution in [0, 0.1) is 50.2 Å². The molecule has 0 radical (unpaired) electrons. The van der Waals surface area contributed by atoms with E-state index in [9.17, 15) is 81.4 Å². The van der Waals surface area contributed by atoms with Crippen LogP contribution in [0.1, 0.15) is 133 Å². The lowest BCUT2D eigenvalue weighted by molar-refractivity contribution is -0.396. The standard InChI is InChI=1S/C61H100O26/c1-11-28-36(66)39(69)45(75)52(80-28)86-47-40(70)35(65)25(3)79-53(47)83-33-21-56(4,5)20-27-26-12-13-31-58(7)16-15-32(59(8,23-63)30(58)14-17-61(31,10)60(26,9)19-18-57(27,33)6)82-55-49(43(73)42(72)46(84-55)50(76)77)87-54-48(41(71)37(67)29(22-62)81-54)85-51-44(74)38(68)34(64)24(2)78-51/h12,24-25,27-49,51-55,62-75H,11,13-23H2,1-10H3,(H,76,77). The number of rotatable bonds is 14. The number of carboxylic acid groups (broad SMARTS) is 1. The second-order valence-electron chi connectivity index (χ2n) is 29.4. The van der Waals surface area contributed by atoms with E-state index >= 15 is 0 Å².